The lowest BCUT2D eigenvalue weighted by Crippen LogP contribution is -2.20. The molecule has 0 spiro atoms. The number of ether oxygens (including phenoxy) is 1. The van der Waals surface area contributed by atoms with Gasteiger partial charge >= 0.3 is 0 Å². The van der Waals surface area contributed by atoms with Crippen LogP contribution in [0.25, 0.3) is 0 Å². The van der Waals surface area contributed by atoms with E-state index in [4.69, 9.17) is 10.5 Å². The van der Waals surface area contributed by atoms with Crippen molar-refractivity contribution in [2.75, 3.05) is 13.2 Å². The normalized spacial score (nSPS) is 19.9. The van der Waals surface area contributed by atoms with Gasteiger partial charge in [0.1, 0.15) is 0 Å². The summed E-state index contributed by atoms with van der Waals surface area (Å²) in [4.78, 5) is 0. The first-order valence-corrected chi connectivity index (χ1v) is 6.02. The molecule has 0 unspecified atom stereocenters. The van der Waals surface area contributed by atoms with E-state index in [1.165, 1.54) is 11.3 Å². The molecule has 90 valence electrons. The maximum Gasteiger partial charge on any atom is 0.0689 e. The Morgan fingerprint density at radius 1 is 1.56 bits per heavy atom. The summed E-state index contributed by atoms with van der Waals surface area (Å²) in [7, 11) is 1.98. The minimum absolute atomic E-state index is 0.197. The van der Waals surface area contributed by atoms with Gasteiger partial charge in [-0.05, 0) is 31.7 Å². The van der Waals surface area contributed by atoms with E-state index >= 15 is 0 Å². The van der Waals surface area contributed by atoms with Crippen LogP contribution in [0.2, 0.25) is 0 Å². The predicted molar refractivity (Wildman–Crippen MR) is 63.4 cm³/mol. The van der Waals surface area contributed by atoms with E-state index in [9.17, 15) is 0 Å². The Bertz CT molecular complexity index is 340. The van der Waals surface area contributed by atoms with E-state index in [1.54, 1.807) is 0 Å². The molecule has 1 atom stereocenters. The minimum Gasteiger partial charge on any atom is -0.381 e. The summed E-state index contributed by atoms with van der Waals surface area (Å²) in [6.45, 7) is 3.76. The summed E-state index contributed by atoms with van der Waals surface area (Å²) in [6, 6.07) is 0.197. The van der Waals surface area contributed by atoms with Crippen molar-refractivity contribution in [1.82, 2.24) is 9.78 Å². The van der Waals surface area contributed by atoms with E-state index in [1.807, 2.05) is 18.7 Å². The van der Waals surface area contributed by atoms with Crippen LogP contribution in [0.1, 0.15) is 36.9 Å². The quantitative estimate of drug-likeness (QED) is 0.838. The Hall–Kier alpha value is -0.870. The van der Waals surface area contributed by atoms with Crippen molar-refractivity contribution in [2.24, 2.45) is 12.8 Å². The molecule has 1 aliphatic rings. The zero-order chi connectivity index (χ0) is 11.5. The van der Waals surface area contributed by atoms with Crippen LogP contribution < -0.4 is 5.73 Å². The van der Waals surface area contributed by atoms with Gasteiger partial charge in [-0.3, -0.25) is 4.68 Å². The summed E-state index contributed by atoms with van der Waals surface area (Å²) >= 11 is 0. The molecule has 2 heterocycles. The molecule has 0 radical (unpaired) electrons. The van der Waals surface area contributed by atoms with Crippen molar-refractivity contribution in [2.45, 2.75) is 38.1 Å². The van der Waals surface area contributed by atoms with Crippen LogP contribution in [0, 0.1) is 0 Å². The molecular weight excluding hydrogens is 202 g/mol. The van der Waals surface area contributed by atoms with Crippen molar-refractivity contribution in [3.05, 3.63) is 17.5 Å². The van der Waals surface area contributed by atoms with Crippen LogP contribution >= 0.6 is 0 Å². The van der Waals surface area contributed by atoms with Crippen LogP contribution in [-0.4, -0.2) is 29.0 Å². The second-order valence-corrected chi connectivity index (χ2v) is 4.78. The van der Waals surface area contributed by atoms with E-state index in [-0.39, 0.29) is 6.04 Å². The summed E-state index contributed by atoms with van der Waals surface area (Å²) in [5.74, 6) is 0.559. The van der Waals surface area contributed by atoms with Crippen LogP contribution in [0.15, 0.2) is 6.20 Å². The standard InChI is InChI=1S/C12H21N3O/c1-9(13)7-11-8-15(2)14-12(11)10-3-5-16-6-4-10/h8-10H,3-7,13H2,1-2H3/t9-/m1/s1. The van der Waals surface area contributed by atoms with Crippen molar-refractivity contribution in [3.63, 3.8) is 0 Å². The Kier molecular flexibility index (Phi) is 3.61. The van der Waals surface area contributed by atoms with Gasteiger partial charge in [-0.1, -0.05) is 0 Å². The van der Waals surface area contributed by atoms with Gasteiger partial charge in [0.15, 0.2) is 0 Å². The van der Waals surface area contributed by atoms with Crippen LogP contribution in [0.4, 0.5) is 0 Å². The van der Waals surface area contributed by atoms with Crippen molar-refractivity contribution >= 4 is 0 Å². The zero-order valence-electron chi connectivity index (χ0n) is 10.1. The highest BCUT2D eigenvalue weighted by atomic mass is 16.5. The minimum atomic E-state index is 0.197. The van der Waals surface area contributed by atoms with Crippen LogP contribution in [0.5, 0.6) is 0 Å². The molecule has 0 amide bonds. The average molecular weight is 223 g/mol. The molecule has 1 aliphatic heterocycles. The maximum atomic E-state index is 5.87. The highest BCUT2D eigenvalue weighted by Crippen LogP contribution is 2.28. The first kappa shape index (κ1) is 11.6. The fraction of sp³-hybridized carbons (Fsp3) is 0.750. The summed E-state index contributed by atoms with van der Waals surface area (Å²) in [5.41, 5.74) is 8.42. The van der Waals surface area contributed by atoms with Crippen LogP contribution in [-0.2, 0) is 18.2 Å². The molecule has 1 saturated heterocycles. The van der Waals surface area contributed by atoms with Gasteiger partial charge in [-0.15, -0.1) is 0 Å². The lowest BCUT2D eigenvalue weighted by molar-refractivity contribution is 0.0842. The smallest absolute Gasteiger partial charge is 0.0689 e. The monoisotopic (exact) mass is 223 g/mol. The second kappa shape index (κ2) is 4.97. The predicted octanol–water partition coefficient (Wildman–Crippen LogP) is 1.20. The molecule has 0 saturated carbocycles. The average Bonchev–Trinajstić information content (AvgIpc) is 2.60. The van der Waals surface area contributed by atoms with Gasteiger partial charge in [-0.25, -0.2) is 0 Å². The van der Waals surface area contributed by atoms with Gasteiger partial charge in [-0.2, -0.15) is 5.10 Å². The Balaban J connectivity index is 2.17. The lowest BCUT2D eigenvalue weighted by atomic mass is 9.92. The molecule has 1 aromatic rings. The van der Waals surface area contributed by atoms with Gasteiger partial charge < -0.3 is 10.5 Å². The first-order chi connectivity index (χ1) is 7.66. The number of aromatic nitrogens is 2. The molecule has 4 heteroatoms. The number of nitrogens with two attached hydrogens (primary N) is 1. The Morgan fingerprint density at radius 2 is 2.25 bits per heavy atom. The number of hydrogen-bond acceptors (Lipinski definition) is 3. The largest absolute Gasteiger partial charge is 0.381 e. The topological polar surface area (TPSA) is 53.1 Å². The molecule has 1 fully saturated rings. The highest BCUT2D eigenvalue weighted by molar-refractivity contribution is 5.22. The second-order valence-electron chi connectivity index (χ2n) is 4.78. The Morgan fingerprint density at radius 3 is 2.88 bits per heavy atom. The Labute approximate surface area is 96.8 Å². The molecule has 1 aromatic heterocycles. The number of rotatable bonds is 3. The third kappa shape index (κ3) is 2.62. The molecular formula is C12H21N3O. The maximum absolute atomic E-state index is 5.87. The fourth-order valence-electron chi connectivity index (χ4n) is 2.37. The van der Waals surface area contributed by atoms with Crippen molar-refractivity contribution in [3.8, 4) is 0 Å². The third-order valence-electron chi connectivity index (χ3n) is 3.09. The first-order valence-electron chi connectivity index (χ1n) is 6.02. The van der Waals surface area contributed by atoms with Crippen molar-refractivity contribution < 1.29 is 4.74 Å². The van der Waals surface area contributed by atoms with Gasteiger partial charge in [0.05, 0.1) is 5.69 Å². The van der Waals surface area contributed by atoms with Gasteiger partial charge in [0.25, 0.3) is 0 Å². The molecule has 16 heavy (non-hydrogen) atoms. The molecule has 2 rings (SSSR count). The molecule has 0 aliphatic carbocycles. The van der Waals surface area contributed by atoms with Gasteiger partial charge in [0.2, 0.25) is 0 Å². The van der Waals surface area contributed by atoms with E-state index in [0.717, 1.165) is 32.5 Å². The van der Waals surface area contributed by atoms with Crippen molar-refractivity contribution in [1.29, 1.82) is 0 Å². The van der Waals surface area contributed by atoms with Crippen LogP contribution in [0.3, 0.4) is 0 Å². The van der Waals surface area contributed by atoms with Gasteiger partial charge in [0, 0.05) is 38.4 Å². The SMILES string of the molecule is C[C@@H](N)Cc1cn(C)nc1C1CCOCC1. The molecule has 0 aromatic carbocycles. The number of nitrogens with zero attached hydrogens (tertiary/aromatic N) is 2. The summed E-state index contributed by atoms with van der Waals surface area (Å²) < 4.78 is 7.29. The number of aryl methyl sites for hydroxylation is 1. The van der Waals surface area contributed by atoms with E-state index in [0.29, 0.717) is 5.92 Å². The lowest BCUT2D eigenvalue weighted by Gasteiger charge is -2.21. The molecule has 4 nitrogen and oxygen atoms in total. The number of hydrogen-bond donors (Lipinski definition) is 1. The third-order valence-corrected chi connectivity index (χ3v) is 3.09. The summed E-state index contributed by atoms with van der Waals surface area (Å²) in [5, 5.41) is 4.59. The molecule has 0 bridgehead atoms. The van der Waals surface area contributed by atoms with E-state index in [2.05, 4.69) is 11.3 Å². The highest BCUT2D eigenvalue weighted by Gasteiger charge is 2.22. The van der Waals surface area contributed by atoms with E-state index < -0.39 is 0 Å². The zero-order valence-corrected chi connectivity index (χ0v) is 10.1. The fourth-order valence-corrected chi connectivity index (χ4v) is 2.37. The summed E-state index contributed by atoms with van der Waals surface area (Å²) in [6.07, 6.45) is 5.20. The molecule has 2 N–H and O–H groups in total.